The Hall–Kier alpha value is -1.90. The standard InChI is InChI=1S/C14H13NO2/c16-13(17)14(6-2-7-14)11-5-4-10-3-1-8-15-12(10)9-11/h1,3-5,8-9H,2,6-7H2,(H,16,17). The smallest absolute Gasteiger partial charge is 0.314 e. The van der Waals surface area contributed by atoms with Crippen LogP contribution in [0.3, 0.4) is 0 Å². The number of hydrogen-bond acceptors (Lipinski definition) is 2. The third kappa shape index (κ3) is 1.42. The molecule has 2 aromatic rings. The van der Waals surface area contributed by atoms with Crippen molar-refractivity contribution in [1.29, 1.82) is 0 Å². The first-order valence-corrected chi connectivity index (χ1v) is 5.81. The van der Waals surface area contributed by atoms with Crippen molar-refractivity contribution < 1.29 is 9.90 Å². The van der Waals surface area contributed by atoms with Crippen molar-refractivity contribution in [3.05, 3.63) is 42.1 Å². The van der Waals surface area contributed by atoms with Crippen LogP contribution in [0.2, 0.25) is 0 Å². The molecule has 0 atom stereocenters. The van der Waals surface area contributed by atoms with Gasteiger partial charge < -0.3 is 5.11 Å². The number of aliphatic carboxylic acids is 1. The lowest BCUT2D eigenvalue weighted by molar-refractivity contribution is -0.147. The number of pyridine rings is 1. The summed E-state index contributed by atoms with van der Waals surface area (Å²) in [6.45, 7) is 0. The van der Waals surface area contributed by atoms with E-state index in [-0.39, 0.29) is 0 Å². The Morgan fingerprint density at radius 2 is 2.12 bits per heavy atom. The molecule has 1 heterocycles. The van der Waals surface area contributed by atoms with Crippen LogP contribution in [-0.2, 0) is 10.2 Å². The molecule has 86 valence electrons. The van der Waals surface area contributed by atoms with Crippen LogP contribution in [-0.4, -0.2) is 16.1 Å². The molecule has 0 bridgehead atoms. The van der Waals surface area contributed by atoms with Gasteiger partial charge in [0.1, 0.15) is 0 Å². The highest BCUT2D eigenvalue weighted by atomic mass is 16.4. The summed E-state index contributed by atoms with van der Waals surface area (Å²) >= 11 is 0. The van der Waals surface area contributed by atoms with Gasteiger partial charge in [-0.3, -0.25) is 9.78 Å². The zero-order valence-electron chi connectivity index (χ0n) is 9.39. The molecule has 1 aliphatic carbocycles. The quantitative estimate of drug-likeness (QED) is 0.858. The van der Waals surface area contributed by atoms with Crippen LogP contribution in [0.15, 0.2) is 36.5 Å². The fourth-order valence-corrected chi connectivity index (χ4v) is 2.52. The van der Waals surface area contributed by atoms with Gasteiger partial charge in [0.25, 0.3) is 0 Å². The molecule has 3 heteroatoms. The van der Waals surface area contributed by atoms with Gasteiger partial charge in [0, 0.05) is 11.6 Å². The number of hydrogen-bond donors (Lipinski definition) is 1. The highest BCUT2D eigenvalue weighted by Gasteiger charge is 2.45. The van der Waals surface area contributed by atoms with Crippen LogP contribution >= 0.6 is 0 Å². The molecule has 1 aromatic heterocycles. The van der Waals surface area contributed by atoms with Gasteiger partial charge in [-0.05, 0) is 30.5 Å². The van der Waals surface area contributed by atoms with Gasteiger partial charge >= 0.3 is 5.97 Å². The molecule has 1 N–H and O–H groups in total. The van der Waals surface area contributed by atoms with Crippen molar-refractivity contribution >= 4 is 16.9 Å². The molecule has 1 saturated carbocycles. The van der Waals surface area contributed by atoms with Crippen molar-refractivity contribution in [1.82, 2.24) is 4.98 Å². The summed E-state index contributed by atoms with van der Waals surface area (Å²) in [4.78, 5) is 15.7. The van der Waals surface area contributed by atoms with Crippen molar-refractivity contribution in [3.8, 4) is 0 Å². The minimum atomic E-state index is -0.709. The second-order valence-electron chi connectivity index (χ2n) is 4.65. The molecular weight excluding hydrogens is 214 g/mol. The van der Waals surface area contributed by atoms with Gasteiger partial charge in [0.05, 0.1) is 10.9 Å². The molecule has 0 amide bonds. The topological polar surface area (TPSA) is 50.2 Å². The number of nitrogens with zero attached hydrogens (tertiary/aromatic N) is 1. The van der Waals surface area contributed by atoms with E-state index in [1.54, 1.807) is 6.20 Å². The normalized spacial score (nSPS) is 17.6. The molecule has 1 fully saturated rings. The van der Waals surface area contributed by atoms with Crippen molar-refractivity contribution in [2.45, 2.75) is 24.7 Å². The Morgan fingerprint density at radius 3 is 2.76 bits per heavy atom. The van der Waals surface area contributed by atoms with Crippen molar-refractivity contribution in [3.63, 3.8) is 0 Å². The first kappa shape index (κ1) is 10.3. The number of carbonyl (C=O) groups is 1. The van der Waals surface area contributed by atoms with Crippen LogP contribution in [0.4, 0.5) is 0 Å². The van der Waals surface area contributed by atoms with E-state index in [9.17, 15) is 9.90 Å². The lowest BCUT2D eigenvalue weighted by atomic mass is 9.64. The van der Waals surface area contributed by atoms with Crippen LogP contribution in [0.25, 0.3) is 10.9 Å². The van der Waals surface area contributed by atoms with Crippen LogP contribution < -0.4 is 0 Å². The third-order valence-corrected chi connectivity index (χ3v) is 3.77. The zero-order valence-corrected chi connectivity index (χ0v) is 9.39. The van der Waals surface area contributed by atoms with E-state index >= 15 is 0 Å². The van der Waals surface area contributed by atoms with Crippen molar-refractivity contribution in [2.75, 3.05) is 0 Å². The van der Waals surface area contributed by atoms with Gasteiger partial charge in [-0.1, -0.05) is 24.6 Å². The maximum absolute atomic E-state index is 11.4. The first-order valence-electron chi connectivity index (χ1n) is 5.81. The van der Waals surface area contributed by atoms with Gasteiger partial charge in [0.2, 0.25) is 0 Å². The number of benzene rings is 1. The highest BCUT2D eigenvalue weighted by Crippen LogP contribution is 2.44. The summed E-state index contributed by atoms with van der Waals surface area (Å²) in [5.74, 6) is -0.709. The number of fused-ring (bicyclic) bond motifs is 1. The van der Waals surface area contributed by atoms with E-state index in [1.165, 1.54) is 0 Å². The largest absolute Gasteiger partial charge is 0.481 e. The van der Waals surface area contributed by atoms with E-state index in [0.717, 1.165) is 35.7 Å². The molecule has 17 heavy (non-hydrogen) atoms. The predicted molar refractivity (Wildman–Crippen MR) is 64.9 cm³/mol. The average molecular weight is 227 g/mol. The number of carboxylic acids is 1. The van der Waals surface area contributed by atoms with E-state index in [1.807, 2.05) is 30.3 Å². The van der Waals surface area contributed by atoms with Gasteiger partial charge in [-0.15, -0.1) is 0 Å². The summed E-state index contributed by atoms with van der Waals surface area (Å²) in [6, 6.07) is 9.68. The number of carboxylic acid groups (broad SMARTS) is 1. The maximum atomic E-state index is 11.4. The second-order valence-corrected chi connectivity index (χ2v) is 4.65. The van der Waals surface area contributed by atoms with E-state index < -0.39 is 11.4 Å². The van der Waals surface area contributed by atoms with Gasteiger partial charge in [-0.2, -0.15) is 0 Å². The molecule has 0 saturated heterocycles. The lowest BCUT2D eigenvalue weighted by Crippen LogP contribution is -2.42. The van der Waals surface area contributed by atoms with E-state index in [2.05, 4.69) is 4.98 Å². The summed E-state index contributed by atoms with van der Waals surface area (Å²) in [5.41, 5.74) is 1.10. The number of aromatic nitrogens is 1. The Labute approximate surface area is 99.1 Å². The first-order chi connectivity index (χ1) is 8.22. The molecule has 0 unspecified atom stereocenters. The highest BCUT2D eigenvalue weighted by molar-refractivity contribution is 5.86. The summed E-state index contributed by atoms with van der Waals surface area (Å²) < 4.78 is 0. The summed E-state index contributed by atoms with van der Waals surface area (Å²) in [7, 11) is 0. The fourth-order valence-electron chi connectivity index (χ4n) is 2.52. The Balaban J connectivity index is 2.14. The average Bonchev–Trinajstić information content (AvgIpc) is 2.27. The van der Waals surface area contributed by atoms with Crippen LogP contribution in [0, 0.1) is 0 Å². The third-order valence-electron chi connectivity index (χ3n) is 3.77. The number of rotatable bonds is 2. The maximum Gasteiger partial charge on any atom is 0.314 e. The van der Waals surface area contributed by atoms with Crippen molar-refractivity contribution in [2.24, 2.45) is 0 Å². The van der Waals surface area contributed by atoms with E-state index in [0.29, 0.717) is 0 Å². The van der Waals surface area contributed by atoms with Gasteiger partial charge in [-0.25, -0.2) is 0 Å². The Morgan fingerprint density at radius 1 is 1.29 bits per heavy atom. The molecule has 0 spiro atoms. The van der Waals surface area contributed by atoms with Gasteiger partial charge in [0.15, 0.2) is 0 Å². The minimum absolute atomic E-state index is 0.661. The van der Waals surface area contributed by atoms with Crippen LogP contribution in [0.5, 0.6) is 0 Å². The zero-order chi connectivity index (χ0) is 11.9. The monoisotopic (exact) mass is 227 g/mol. The second kappa shape index (κ2) is 3.55. The Kier molecular flexibility index (Phi) is 2.15. The molecule has 1 aromatic carbocycles. The van der Waals surface area contributed by atoms with Crippen LogP contribution in [0.1, 0.15) is 24.8 Å². The molecule has 1 aliphatic rings. The fraction of sp³-hybridized carbons (Fsp3) is 0.286. The summed E-state index contributed by atoms with van der Waals surface area (Å²) in [6.07, 6.45) is 4.20. The molecule has 0 radical (unpaired) electrons. The summed E-state index contributed by atoms with van der Waals surface area (Å²) in [5, 5.41) is 10.4. The Bertz CT molecular complexity index is 588. The molecule has 3 rings (SSSR count). The predicted octanol–water partition coefficient (Wildman–Crippen LogP) is 2.74. The molecule has 0 aliphatic heterocycles. The molecule has 3 nitrogen and oxygen atoms in total. The SMILES string of the molecule is O=C(O)C1(c2ccc3cccnc3c2)CCC1. The van der Waals surface area contributed by atoms with E-state index in [4.69, 9.17) is 0 Å². The molecular formula is C14H13NO2. The minimum Gasteiger partial charge on any atom is -0.481 e. The lowest BCUT2D eigenvalue weighted by Gasteiger charge is -2.38.